The van der Waals surface area contributed by atoms with Gasteiger partial charge in [0.1, 0.15) is 5.82 Å². The molecule has 27 heavy (non-hydrogen) atoms. The van der Waals surface area contributed by atoms with Crippen molar-refractivity contribution in [2.45, 2.75) is 37.4 Å². The number of carbonyl (C=O) groups excluding carboxylic acids is 2. The summed E-state index contributed by atoms with van der Waals surface area (Å²) in [5, 5.41) is 12.4. The van der Waals surface area contributed by atoms with Crippen molar-refractivity contribution < 1.29 is 9.59 Å². The van der Waals surface area contributed by atoms with Gasteiger partial charge in [0.15, 0.2) is 5.16 Å². The molecule has 7 nitrogen and oxygen atoms in total. The van der Waals surface area contributed by atoms with E-state index in [9.17, 15) is 9.59 Å². The Morgan fingerprint density at radius 1 is 1.33 bits per heavy atom. The van der Waals surface area contributed by atoms with Crippen molar-refractivity contribution in [3.8, 4) is 0 Å². The van der Waals surface area contributed by atoms with E-state index in [1.54, 1.807) is 31.3 Å². The number of carbonyl (C=O) groups is 2. The van der Waals surface area contributed by atoms with Crippen LogP contribution in [0.15, 0.2) is 29.4 Å². The molecule has 1 aliphatic rings. The number of thioether (sulfide) groups is 1. The Morgan fingerprint density at radius 3 is 2.74 bits per heavy atom. The SMILES string of the molecule is CCn1c(SCC(=O)N(C)CC(=O)Nc2ccccc2Cl)nnc1C1CC1. The number of halogens is 1. The van der Waals surface area contributed by atoms with Gasteiger partial charge in [-0.05, 0) is 31.9 Å². The molecule has 2 amide bonds. The van der Waals surface area contributed by atoms with Crippen LogP contribution in [0.3, 0.4) is 0 Å². The Bertz CT molecular complexity index is 837. The summed E-state index contributed by atoms with van der Waals surface area (Å²) in [6.45, 7) is 2.79. The smallest absolute Gasteiger partial charge is 0.244 e. The highest BCUT2D eigenvalue weighted by Gasteiger charge is 2.30. The summed E-state index contributed by atoms with van der Waals surface area (Å²) in [5.74, 6) is 1.29. The number of benzene rings is 1. The maximum Gasteiger partial charge on any atom is 0.244 e. The number of amides is 2. The van der Waals surface area contributed by atoms with Gasteiger partial charge in [0, 0.05) is 19.5 Å². The average molecular weight is 408 g/mol. The number of likely N-dealkylation sites (N-methyl/N-ethyl adjacent to an activating group) is 1. The second kappa shape index (κ2) is 8.75. The van der Waals surface area contributed by atoms with Crippen molar-refractivity contribution in [3.05, 3.63) is 35.1 Å². The van der Waals surface area contributed by atoms with Crippen LogP contribution in [-0.2, 0) is 16.1 Å². The number of aromatic nitrogens is 3. The number of nitrogens with zero attached hydrogens (tertiary/aromatic N) is 4. The molecular weight excluding hydrogens is 386 g/mol. The number of para-hydroxylation sites is 1. The zero-order chi connectivity index (χ0) is 19.4. The van der Waals surface area contributed by atoms with E-state index < -0.39 is 0 Å². The summed E-state index contributed by atoms with van der Waals surface area (Å²) in [4.78, 5) is 25.9. The second-order valence-electron chi connectivity index (χ2n) is 6.43. The summed E-state index contributed by atoms with van der Waals surface area (Å²) in [5.41, 5.74) is 0.531. The second-order valence-corrected chi connectivity index (χ2v) is 7.78. The van der Waals surface area contributed by atoms with Crippen molar-refractivity contribution in [2.24, 2.45) is 0 Å². The molecular formula is C18H22ClN5O2S. The van der Waals surface area contributed by atoms with Crippen LogP contribution in [0.2, 0.25) is 5.02 Å². The van der Waals surface area contributed by atoms with Gasteiger partial charge in [-0.2, -0.15) is 0 Å². The third-order valence-electron chi connectivity index (χ3n) is 4.28. The topological polar surface area (TPSA) is 80.1 Å². The van der Waals surface area contributed by atoms with Gasteiger partial charge >= 0.3 is 0 Å². The normalized spacial score (nSPS) is 13.4. The Hall–Kier alpha value is -2.06. The Morgan fingerprint density at radius 2 is 2.07 bits per heavy atom. The highest BCUT2D eigenvalue weighted by atomic mass is 35.5. The molecule has 144 valence electrons. The van der Waals surface area contributed by atoms with Gasteiger partial charge in [-0.25, -0.2) is 0 Å². The molecule has 1 aliphatic carbocycles. The lowest BCUT2D eigenvalue weighted by atomic mass is 10.3. The van der Waals surface area contributed by atoms with Crippen LogP contribution in [0, 0.1) is 0 Å². The molecule has 0 bridgehead atoms. The number of hydrogen-bond acceptors (Lipinski definition) is 5. The molecule has 1 aromatic heterocycles. The maximum atomic E-state index is 12.4. The molecule has 1 heterocycles. The Kier molecular flexibility index (Phi) is 6.38. The minimum Gasteiger partial charge on any atom is -0.336 e. The Balaban J connectivity index is 1.50. The van der Waals surface area contributed by atoms with Crippen molar-refractivity contribution in [1.82, 2.24) is 19.7 Å². The molecule has 0 radical (unpaired) electrons. The van der Waals surface area contributed by atoms with E-state index in [0.29, 0.717) is 16.6 Å². The first kappa shape index (κ1) is 19.7. The summed E-state index contributed by atoms with van der Waals surface area (Å²) in [7, 11) is 1.61. The number of rotatable bonds is 8. The molecule has 1 N–H and O–H groups in total. The summed E-state index contributed by atoms with van der Waals surface area (Å²) in [6.07, 6.45) is 2.32. The lowest BCUT2D eigenvalue weighted by molar-refractivity contribution is -0.131. The fourth-order valence-electron chi connectivity index (χ4n) is 2.64. The average Bonchev–Trinajstić information content (AvgIpc) is 3.41. The van der Waals surface area contributed by atoms with E-state index in [4.69, 9.17) is 11.6 Å². The van der Waals surface area contributed by atoms with E-state index in [0.717, 1.165) is 30.4 Å². The highest BCUT2D eigenvalue weighted by Crippen LogP contribution is 2.39. The van der Waals surface area contributed by atoms with Gasteiger partial charge in [0.05, 0.1) is 23.0 Å². The van der Waals surface area contributed by atoms with Crippen LogP contribution in [0.5, 0.6) is 0 Å². The molecule has 0 atom stereocenters. The maximum absolute atomic E-state index is 12.4. The van der Waals surface area contributed by atoms with E-state index in [-0.39, 0.29) is 24.1 Å². The van der Waals surface area contributed by atoms with Crippen LogP contribution < -0.4 is 5.32 Å². The standard InChI is InChI=1S/C18H22ClN5O2S/c1-3-24-17(12-8-9-12)21-22-18(24)27-11-16(26)23(2)10-15(25)20-14-7-5-4-6-13(14)19/h4-7,12H,3,8-11H2,1-2H3,(H,20,25). The fraction of sp³-hybridized carbons (Fsp3) is 0.444. The predicted octanol–water partition coefficient (Wildman–Crippen LogP) is 3.02. The van der Waals surface area contributed by atoms with E-state index in [1.165, 1.54) is 16.7 Å². The third kappa shape index (κ3) is 5.01. The van der Waals surface area contributed by atoms with E-state index >= 15 is 0 Å². The highest BCUT2D eigenvalue weighted by molar-refractivity contribution is 7.99. The quantitative estimate of drug-likeness (QED) is 0.680. The molecule has 9 heteroatoms. The van der Waals surface area contributed by atoms with E-state index in [2.05, 4.69) is 20.1 Å². The molecule has 1 fully saturated rings. The first-order chi connectivity index (χ1) is 13.0. The van der Waals surface area contributed by atoms with Gasteiger partial charge in [-0.3, -0.25) is 9.59 Å². The number of hydrogen-bond donors (Lipinski definition) is 1. The van der Waals surface area contributed by atoms with Gasteiger partial charge in [-0.1, -0.05) is 35.5 Å². The molecule has 0 saturated heterocycles. The summed E-state index contributed by atoms with van der Waals surface area (Å²) in [6, 6.07) is 6.98. The van der Waals surface area contributed by atoms with Crippen LogP contribution >= 0.6 is 23.4 Å². The molecule has 0 aliphatic heterocycles. The largest absolute Gasteiger partial charge is 0.336 e. The molecule has 1 aromatic carbocycles. The van der Waals surface area contributed by atoms with Crippen molar-refractivity contribution in [1.29, 1.82) is 0 Å². The molecule has 1 saturated carbocycles. The lowest BCUT2D eigenvalue weighted by Gasteiger charge is -2.17. The number of anilines is 1. The summed E-state index contributed by atoms with van der Waals surface area (Å²) >= 11 is 7.38. The van der Waals surface area contributed by atoms with Crippen LogP contribution in [0.25, 0.3) is 0 Å². The van der Waals surface area contributed by atoms with Crippen LogP contribution in [0.4, 0.5) is 5.69 Å². The number of nitrogens with one attached hydrogen (secondary N) is 1. The molecule has 0 spiro atoms. The van der Waals surface area contributed by atoms with Crippen molar-refractivity contribution >= 4 is 40.9 Å². The minimum atomic E-state index is -0.295. The summed E-state index contributed by atoms with van der Waals surface area (Å²) < 4.78 is 2.07. The molecule has 0 unspecified atom stereocenters. The van der Waals surface area contributed by atoms with Gasteiger partial charge in [0.25, 0.3) is 0 Å². The first-order valence-electron chi connectivity index (χ1n) is 8.83. The fourth-order valence-corrected chi connectivity index (χ4v) is 3.77. The van der Waals surface area contributed by atoms with Gasteiger partial charge in [-0.15, -0.1) is 10.2 Å². The van der Waals surface area contributed by atoms with E-state index in [1.807, 2.05) is 6.92 Å². The van der Waals surface area contributed by atoms with Crippen molar-refractivity contribution in [2.75, 3.05) is 24.7 Å². The Labute approximate surface area is 167 Å². The van der Waals surface area contributed by atoms with Crippen LogP contribution in [-0.4, -0.2) is 50.8 Å². The zero-order valence-electron chi connectivity index (χ0n) is 15.3. The van der Waals surface area contributed by atoms with Crippen molar-refractivity contribution in [3.63, 3.8) is 0 Å². The minimum absolute atomic E-state index is 0.0432. The van der Waals surface area contributed by atoms with Crippen LogP contribution in [0.1, 0.15) is 31.5 Å². The molecule has 3 rings (SSSR count). The third-order valence-corrected chi connectivity index (χ3v) is 5.56. The predicted molar refractivity (Wildman–Crippen MR) is 106 cm³/mol. The van der Waals surface area contributed by atoms with Gasteiger partial charge in [0.2, 0.25) is 11.8 Å². The first-order valence-corrected chi connectivity index (χ1v) is 10.2. The van der Waals surface area contributed by atoms with Gasteiger partial charge < -0.3 is 14.8 Å². The molecule has 2 aromatic rings. The zero-order valence-corrected chi connectivity index (χ0v) is 16.9. The monoisotopic (exact) mass is 407 g/mol. The lowest BCUT2D eigenvalue weighted by Crippen LogP contribution is -2.36.